The van der Waals surface area contributed by atoms with Crippen molar-refractivity contribution in [3.05, 3.63) is 57.6 Å². The largest absolute Gasteiger partial charge is 0.456 e. The molecule has 2 aromatic carbocycles. The number of nitriles is 1. The number of aryl methyl sites for hydroxylation is 2. The second kappa shape index (κ2) is 5.24. The van der Waals surface area contributed by atoms with Gasteiger partial charge < -0.3 is 4.74 Å². The molecule has 0 fully saturated rings. The molecule has 0 saturated carbocycles. The maximum atomic E-state index is 9.01. The monoisotopic (exact) mass is 301 g/mol. The molecule has 0 radical (unpaired) electrons. The first-order valence-electron chi connectivity index (χ1n) is 5.55. The summed E-state index contributed by atoms with van der Waals surface area (Å²) in [5.74, 6) is 1.33. The van der Waals surface area contributed by atoms with E-state index in [9.17, 15) is 0 Å². The van der Waals surface area contributed by atoms with Gasteiger partial charge in [-0.15, -0.1) is 0 Å². The van der Waals surface area contributed by atoms with Crippen LogP contribution in [0.4, 0.5) is 0 Å². The molecule has 2 rings (SSSR count). The zero-order valence-electron chi connectivity index (χ0n) is 10.2. The van der Waals surface area contributed by atoms with E-state index < -0.39 is 0 Å². The lowest BCUT2D eigenvalue weighted by molar-refractivity contribution is 0.480. The lowest BCUT2D eigenvalue weighted by atomic mass is 10.1. The van der Waals surface area contributed by atoms with Crippen LogP contribution >= 0.6 is 15.9 Å². The highest BCUT2D eigenvalue weighted by molar-refractivity contribution is 9.10. The molecular formula is C15H12BrNO. The predicted octanol–water partition coefficient (Wildman–Crippen LogP) is 4.73. The van der Waals surface area contributed by atoms with Crippen molar-refractivity contribution < 1.29 is 4.74 Å². The maximum absolute atomic E-state index is 9.01. The molecule has 0 spiro atoms. The van der Waals surface area contributed by atoms with Crippen molar-refractivity contribution in [2.24, 2.45) is 0 Å². The molecule has 0 aliphatic heterocycles. The maximum Gasteiger partial charge on any atom is 0.145 e. The summed E-state index contributed by atoms with van der Waals surface area (Å²) in [5, 5.41) is 9.01. The fourth-order valence-corrected chi connectivity index (χ4v) is 1.97. The number of hydrogen-bond donors (Lipinski definition) is 0. The Labute approximate surface area is 115 Å². The Morgan fingerprint density at radius 1 is 1.11 bits per heavy atom. The van der Waals surface area contributed by atoms with Crippen molar-refractivity contribution in [2.45, 2.75) is 13.8 Å². The van der Waals surface area contributed by atoms with Crippen LogP contribution in [0.3, 0.4) is 0 Å². The van der Waals surface area contributed by atoms with Crippen LogP contribution in [0.5, 0.6) is 11.5 Å². The summed E-state index contributed by atoms with van der Waals surface area (Å²) < 4.78 is 6.86. The Bertz CT molecular complexity index is 606. The minimum Gasteiger partial charge on any atom is -0.456 e. The number of halogens is 1. The lowest BCUT2D eigenvalue weighted by Crippen LogP contribution is -1.90. The van der Waals surface area contributed by atoms with Gasteiger partial charge in [-0.2, -0.15) is 5.26 Å². The van der Waals surface area contributed by atoms with Crippen LogP contribution in [0.2, 0.25) is 0 Å². The highest BCUT2D eigenvalue weighted by Crippen LogP contribution is 2.30. The van der Waals surface area contributed by atoms with E-state index in [1.165, 1.54) is 0 Å². The van der Waals surface area contributed by atoms with Crippen LogP contribution in [0.1, 0.15) is 16.7 Å². The van der Waals surface area contributed by atoms with Gasteiger partial charge in [0.05, 0.1) is 5.56 Å². The van der Waals surface area contributed by atoms with Gasteiger partial charge in [0.1, 0.15) is 17.6 Å². The molecule has 2 nitrogen and oxygen atoms in total. The molecule has 0 unspecified atom stereocenters. The Morgan fingerprint density at radius 3 is 2.33 bits per heavy atom. The average Bonchev–Trinajstić information content (AvgIpc) is 2.36. The molecule has 3 heteroatoms. The standard InChI is InChI=1S/C15H12BrNO/c1-10-7-13(8-11(2)15(10)16)18-14-6-4-3-5-12(14)9-17/h3-8H,1-2H3. The third-order valence-corrected chi connectivity index (χ3v) is 3.90. The van der Waals surface area contributed by atoms with Crippen molar-refractivity contribution in [2.75, 3.05) is 0 Å². The second-order valence-electron chi connectivity index (χ2n) is 4.08. The van der Waals surface area contributed by atoms with Crippen LogP contribution in [0.25, 0.3) is 0 Å². The van der Waals surface area contributed by atoms with Crippen molar-refractivity contribution >= 4 is 15.9 Å². The third kappa shape index (κ3) is 2.55. The highest BCUT2D eigenvalue weighted by Gasteiger charge is 2.06. The van der Waals surface area contributed by atoms with Gasteiger partial charge in [0.15, 0.2) is 0 Å². The van der Waals surface area contributed by atoms with Crippen LogP contribution in [-0.2, 0) is 0 Å². The first-order chi connectivity index (χ1) is 8.61. The summed E-state index contributed by atoms with van der Waals surface area (Å²) in [4.78, 5) is 0. The van der Waals surface area contributed by atoms with Crippen molar-refractivity contribution in [3.63, 3.8) is 0 Å². The molecule has 0 aliphatic carbocycles. The van der Waals surface area contributed by atoms with Crippen LogP contribution < -0.4 is 4.74 Å². The number of nitrogens with zero attached hydrogens (tertiary/aromatic N) is 1. The van der Waals surface area contributed by atoms with Gasteiger partial charge in [0, 0.05) is 4.47 Å². The number of para-hydroxylation sites is 1. The topological polar surface area (TPSA) is 33.0 Å². The summed E-state index contributed by atoms with van der Waals surface area (Å²) >= 11 is 3.52. The molecule has 0 amide bonds. The van der Waals surface area contributed by atoms with Gasteiger partial charge in [0.25, 0.3) is 0 Å². The fraction of sp³-hybridized carbons (Fsp3) is 0.133. The summed E-state index contributed by atoms with van der Waals surface area (Å²) in [6.45, 7) is 4.03. The summed E-state index contributed by atoms with van der Waals surface area (Å²) in [6, 6.07) is 13.2. The zero-order chi connectivity index (χ0) is 13.1. The van der Waals surface area contributed by atoms with Crippen LogP contribution in [0.15, 0.2) is 40.9 Å². The minimum atomic E-state index is 0.538. The molecule has 90 valence electrons. The first kappa shape index (κ1) is 12.7. The minimum absolute atomic E-state index is 0.538. The van der Waals surface area contributed by atoms with E-state index in [2.05, 4.69) is 22.0 Å². The lowest BCUT2D eigenvalue weighted by Gasteiger charge is -2.10. The first-order valence-corrected chi connectivity index (χ1v) is 6.35. The molecule has 18 heavy (non-hydrogen) atoms. The Morgan fingerprint density at radius 2 is 1.72 bits per heavy atom. The van der Waals surface area contributed by atoms with Crippen molar-refractivity contribution in [1.82, 2.24) is 0 Å². The molecule has 0 bridgehead atoms. The molecule has 0 saturated heterocycles. The molecule has 2 aromatic rings. The second-order valence-corrected chi connectivity index (χ2v) is 4.87. The van der Waals surface area contributed by atoms with Gasteiger partial charge in [-0.25, -0.2) is 0 Å². The van der Waals surface area contributed by atoms with Crippen LogP contribution in [-0.4, -0.2) is 0 Å². The van der Waals surface area contributed by atoms with Gasteiger partial charge in [-0.1, -0.05) is 28.1 Å². The number of rotatable bonds is 2. The van der Waals surface area contributed by atoms with E-state index in [1.807, 2.05) is 38.1 Å². The van der Waals surface area contributed by atoms with Crippen LogP contribution in [0, 0.1) is 25.2 Å². The fourth-order valence-electron chi connectivity index (χ4n) is 1.74. The van der Waals surface area contributed by atoms with E-state index in [-0.39, 0.29) is 0 Å². The molecular weight excluding hydrogens is 290 g/mol. The Kier molecular flexibility index (Phi) is 3.69. The Hall–Kier alpha value is -1.79. The van der Waals surface area contributed by atoms with E-state index in [4.69, 9.17) is 10.00 Å². The van der Waals surface area contributed by atoms with Gasteiger partial charge in [-0.05, 0) is 49.2 Å². The number of benzene rings is 2. The third-order valence-electron chi connectivity index (χ3n) is 2.65. The van der Waals surface area contributed by atoms with Crippen molar-refractivity contribution in [3.8, 4) is 17.6 Å². The highest BCUT2D eigenvalue weighted by atomic mass is 79.9. The summed E-state index contributed by atoms with van der Waals surface area (Å²) in [6.07, 6.45) is 0. The van der Waals surface area contributed by atoms with Gasteiger partial charge >= 0.3 is 0 Å². The predicted molar refractivity (Wildman–Crippen MR) is 74.8 cm³/mol. The van der Waals surface area contributed by atoms with E-state index in [0.29, 0.717) is 11.3 Å². The van der Waals surface area contributed by atoms with E-state index in [0.717, 1.165) is 21.3 Å². The van der Waals surface area contributed by atoms with Crippen molar-refractivity contribution in [1.29, 1.82) is 5.26 Å². The summed E-state index contributed by atoms with van der Waals surface area (Å²) in [7, 11) is 0. The number of ether oxygens (including phenoxy) is 1. The van der Waals surface area contributed by atoms with E-state index >= 15 is 0 Å². The zero-order valence-corrected chi connectivity index (χ0v) is 11.8. The molecule has 0 atom stereocenters. The molecule has 0 heterocycles. The van der Waals surface area contributed by atoms with Gasteiger partial charge in [0.2, 0.25) is 0 Å². The molecule has 0 aromatic heterocycles. The average molecular weight is 302 g/mol. The molecule has 0 N–H and O–H groups in total. The summed E-state index contributed by atoms with van der Waals surface area (Å²) in [5.41, 5.74) is 2.76. The smallest absolute Gasteiger partial charge is 0.145 e. The SMILES string of the molecule is Cc1cc(Oc2ccccc2C#N)cc(C)c1Br. The molecule has 0 aliphatic rings. The Balaban J connectivity index is 2.38. The van der Waals surface area contributed by atoms with Gasteiger partial charge in [-0.3, -0.25) is 0 Å². The number of hydrogen-bond acceptors (Lipinski definition) is 2. The quantitative estimate of drug-likeness (QED) is 0.803. The normalized spacial score (nSPS) is 9.89. The van der Waals surface area contributed by atoms with E-state index in [1.54, 1.807) is 12.1 Å².